The maximum absolute atomic E-state index is 12.3. The molecule has 1 fully saturated rings. The molecule has 1 amide bonds. The van der Waals surface area contributed by atoms with E-state index in [9.17, 15) is 4.79 Å². The Bertz CT molecular complexity index is 477. The highest BCUT2D eigenvalue weighted by molar-refractivity contribution is 5.78. The lowest BCUT2D eigenvalue weighted by molar-refractivity contribution is -0.127. The van der Waals surface area contributed by atoms with E-state index in [0.717, 1.165) is 38.1 Å². The Labute approximate surface area is 119 Å². The van der Waals surface area contributed by atoms with E-state index in [0.29, 0.717) is 6.54 Å². The van der Waals surface area contributed by atoms with E-state index in [1.54, 1.807) is 7.11 Å². The van der Waals surface area contributed by atoms with Crippen LogP contribution in [-0.4, -0.2) is 34.7 Å². The zero-order valence-corrected chi connectivity index (χ0v) is 12.1. The number of amides is 1. The molecule has 20 heavy (non-hydrogen) atoms. The second kappa shape index (κ2) is 5.56. The summed E-state index contributed by atoms with van der Waals surface area (Å²) in [7, 11) is 1.76. The first-order valence-electron chi connectivity index (χ1n) is 7.55. The Morgan fingerprint density at radius 1 is 1.55 bits per heavy atom. The number of carbonyl (C=O) groups excluding carboxylic acids is 1. The van der Waals surface area contributed by atoms with E-state index >= 15 is 0 Å². The van der Waals surface area contributed by atoms with Gasteiger partial charge < -0.3 is 14.6 Å². The molecular formula is C15H23N3O2. The lowest BCUT2D eigenvalue weighted by Crippen LogP contribution is -2.45. The number of imidazole rings is 1. The maximum Gasteiger partial charge on any atom is 0.225 e. The topological polar surface area (TPSA) is 56.1 Å². The number of nitrogens with one attached hydrogen (secondary N) is 1. The molecule has 0 spiro atoms. The van der Waals surface area contributed by atoms with Gasteiger partial charge in [0.15, 0.2) is 0 Å². The molecule has 1 saturated carbocycles. The van der Waals surface area contributed by atoms with Crippen molar-refractivity contribution in [1.82, 2.24) is 14.9 Å². The molecule has 2 aliphatic rings. The number of carbonyl (C=O) groups is 1. The summed E-state index contributed by atoms with van der Waals surface area (Å²) in [5, 5.41) is 3.11. The fraction of sp³-hybridized carbons (Fsp3) is 0.733. The van der Waals surface area contributed by atoms with Crippen LogP contribution < -0.4 is 5.32 Å². The van der Waals surface area contributed by atoms with Gasteiger partial charge in [0.1, 0.15) is 5.82 Å². The minimum atomic E-state index is -0.121. The summed E-state index contributed by atoms with van der Waals surface area (Å²) < 4.78 is 7.74. The van der Waals surface area contributed by atoms with Gasteiger partial charge in [0.05, 0.1) is 11.5 Å². The molecule has 1 unspecified atom stereocenters. The average molecular weight is 277 g/mol. The number of ether oxygens (including phenoxy) is 1. The quantitative estimate of drug-likeness (QED) is 0.908. The van der Waals surface area contributed by atoms with Crippen LogP contribution in [0.3, 0.4) is 0 Å². The van der Waals surface area contributed by atoms with E-state index in [1.165, 1.54) is 12.8 Å². The van der Waals surface area contributed by atoms with Crippen molar-refractivity contribution in [2.45, 2.75) is 50.7 Å². The molecule has 110 valence electrons. The number of nitrogens with zero attached hydrogens (tertiary/aromatic N) is 2. The monoisotopic (exact) mass is 277 g/mol. The van der Waals surface area contributed by atoms with Crippen molar-refractivity contribution in [3.8, 4) is 0 Å². The summed E-state index contributed by atoms with van der Waals surface area (Å²) in [5.74, 6) is 1.32. The van der Waals surface area contributed by atoms with Gasteiger partial charge in [0, 0.05) is 39.0 Å². The third-order valence-corrected chi connectivity index (χ3v) is 4.84. The molecule has 1 aromatic rings. The van der Waals surface area contributed by atoms with Gasteiger partial charge in [-0.15, -0.1) is 0 Å². The zero-order chi connectivity index (χ0) is 14.0. The van der Waals surface area contributed by atoms with Gasteiger partial charge >= 0.3 is 0 Å². The van der Waals surface area contributed by atoms with Gasteiger partial charge in [-0.05, 0) is 19.3 Å². The molecule has 0 saturated heterocycles. The Hall–Kier alpha value is -1.36. The molecule has 1 atom stereocenters. The first kappa shape index (κ1) is 13.6. The number of methoxy groups -OCH3 is 1. The predicted octanol–water partition coefficient (Wildman–Crippen LogP) is 1.52. The molecule has 3 rings (SSSR count). The Morgan fingerprint density at radius 2 is 2.35 bits per heavy atom. The molecule has 5 nitrogen and oxygen atoms in total. The fourth-order valence-electron chi connectivity index (χ4n) is 3.45. The van der Waals surface area contributed by atoms with Crippen molar-refractivity contribution in [2.75, 3.05) is 13.7 Å². The molecule has 2 heterocycles. The summed E-state index contributed by atoms with van der Waals surface area (Å²) in [4.78, 5) is 16.6. The number of rotatable bonds is 4. The first-order chi connectivity index (χ1) is 9.72. The van der Waals surface area contributed by atoms with Crippen LogP contribution in [0.1, 0.15) is 37.9 Å². The number of aromatic nitrogens is 2. The van der Waals surface area contributed by atoms with E-state index in [4.69, 9.17) is 4.74 Å². The van der Waals surface area contributed by atoms with E-state index in [1.807, 2.05) is 12.4 Å². The smallest absolute Gasteiger partial charge is 0.225 e. The maximum atomic E-state index is 12.3. The highest BCUT2D eigenvalue weighted by Gasteiger charge is 2.35. The zero-order valence-electron chi connectivity index (χ0n) is 12.1. The van der Waals surface area contributed by atoms with Crippen LogP contribution in [0, 0.1) is 5.92 Å². The first-order valence-corrected chi connectivity index (χ1v) is 7.55. The summed E-state index contributed by atoms with van der Waals surface area (Å²) in [6, 6.07) is 0. The van der Waals surface area contributed by atoms with Crippen LogP contribution in [0.25, 0.3) is 0 Å². The molecular weight excluding hydrogens is 254 g/mol. The Morgan fingerprint density at radius 3 is 3.10 bits per heavy atom. The summed E-state index contributed by atoms with van der Waals surface area (Å²) in [5.41, 5.74) is -0.121. The summed E-state index contributed by atoms with van der Waals surface area (Å²) >= 11 is 0. The van der Waals surface area contributed by atoms with Crippen molar-refractivity contribution in [2.24, 2.45) is 5.92 Å². The highest BCUT2D eigenvalue weighted by atomic mass is 16.5. The molecule has 1 aliphatic carbocycles. The lowest BCUT2D eigenvalue weighted by Gasteiger charge is -2.29. The van der Waals surface area contributed by atoms with Crippen LogP contribution >= 0.6 is 0 Å². The molecule has 0 bridgehead atoms. The number of aryl methyl sites for hydroxylation is 1. The highest BCUT2D eigenvalue weighted by Crippen LogP contribution is 2.32. The SMILES string of the molecule is COC1(CNC(=O)C2CCc3nccn3C2)CCCC1. The third-order valence-electron chi connectivity index (χ3n) is 4.84. The Balaban J connectivity index is 1.55. The molecule has 0 radical (unpaired) electrons. The molecule has 1 N–H and O–H groups in total. The van der Waals surface area contributed by atoms with Crippen molar-refractivity contribution >= 4 is 5.91 Å². The standard InChI is InChI=1S/C15H23N3O2/c1-20-15(6-2-3-7-15)11-17-14(19)12-4-5-13-16-8-9-18(13)10-12/h8-9,12H,2-7,10-11H2,1H3,(H,17,19). The van der Waals surface area contributed by atoms with Gasteiger partial charge in [-0.1, -0.05) is 12.8 Å². The van der Waals surface area contributed by atoms with Crippen LogP contribution in [0.2, 0.25) is 0 Å². The number of hydrogen-bond donors (Lipinski definition) is 1. The number of fused-ring (bicyclic) bond motifs is 1. The normalized spacial score (nSPS) is 24.4. The average Bonchev–Trinajstić information content (AvgIpc) is 3.13. The van der Waals surface area contributed by atoms with Gasteiger partial charge in [-0.25, -0.2) is 4.98 Å². The Kier molecular flexibility index (Phi) is 3.78. The summed E-state index contributed by atoms with van der Waals surface area (Å²) in [6.45, 7) is 1.40. The van der Waals surface area contributed by atoms with E-state index in [-0.39, 0.29) is 17.4 Å². The second-order valence-electron chi connectivity index (χ2n) is 6.04. The minimum Gasteiger partial charge on any atom is -0.376 e. The second-order valence-corrected chi connectivity index (χ2v) is 6.04. The van der Waals surface area contributed by atoms with Gasteiger partial charge in [0.2, 0.25) is 5.91 Å². The lowest BCUT2D eigenvalue weighted by atomic mass is 9.97. The summed E-state index contributed by atoms with van der Waals surface area (Å²) in [6.07, 6.45) is 10.1. The van der Waals surface area contributed by atoms with Crippen molar-refractivity contribution in [3.05, 3.63) is 18.2 Å². The van der Waals surface area contributed by atoms with E-state index in [2.05, 4.69) is 14.9 Å². The molecule has 5 heteroatoms. The predicted molar refractivity (Wildman–Crippen MR) is 75.3 cm³/mol. The number of hydrogen-bond acceptors (Lipinski definition) is 3. The van der Waals surface area contributed by atoms with Crippen LogP contribution in [0.15, 0.2) is 12.4 Å². The van der Waals surface area contributed by atoms with Crippen LogP contribution in [0.5, 0.6) is 0 Å². The van der Waals surface area contributed by atoms with Crippen molar-refractivity contribution in [3.63, 3.8) is 0 Å². The molecule has 0 aromatic carbocycles. The molecule has 1 aliphatic heterocycles. The fourth-order valence-corrected chi connectivity index (χ4v) is 3.45. The van der Waals surface area contributed by atoms with Gasteiger partial charge in [-0.3, -0.25) is 4.79 Å². The molecule has 1 aromatic heterocycles. The van der Waals surface area contributed by atoms with E-state index < -0.39 is 0 Å². The van der Waals surface area contributed by atoms with Gasteiger partial charge in [0.25, 0.3) is 0 Å². The third kappa shape index (κ3) is 2.59. The van der Waals surface area contributed by atoms with Crippen molar-refractivity contribution in [1.29, 1.82) is 0 Å². The van der Waals surface area contributed by atoms with Crippen LogP contribution in [0.4, 0.5) is 0 Å². The minimum absolute atomic E-state index is 0.0620. The van der Waals surface area contributed by atoms with Crippen LogP contribution in [-0.2, 0) is 22.5 Å². The largest absolute Gasteiger partial charge is 0.376 e. The van der Waals surface area contributed by atoms with Crippen molar-refractivity contribution < 1.29 is 9.53 Å². The van der Waals surface area contributed by atoms with Gasteiger partial charge in [-0.2, -0.15) is 0 Å².